The molecule has 0 unspecified atom stereocenters. The van der Waals surface area contributed by atoms with Crippen molar-refractivity contribution in [2.45, 2.75) is 88.4 Å². The van der Waals surface area contributed by atoms with Crippen LogP contribution in [0.4, 0.5) is 46.0 Å². The zero-order valence-corrected chi connectivity index (χ0v) is 82.5. The molecule has 0 saturated carbocycles. The van der Waals surface area contributed by atoms with Crippen LogP contribution in [0.25, 0.3) is 83.3 Å². The molecule has 4 aromatic heterocycles. The van der Waals surface area contributed by atoms with Gasteiger partial charge in [0, 0.05) is 181 Å². The van der Waals surface area contributed by atoms with Gasteiger partial charge in [-0.25, -0.2) is 39.9 Å². The standard InChI is InChI=1S/C30H34N4O2.C30H34N4O.C29H32N4O2.C28H32N4O/c1-33(19-20-35-2)24-13-14-27-26(21-24)30(32-29(31-27)23-9-5-4-6-10-23)34-17-15-22(16-18-34)25-11-7-8-12-28(25)36-3;1-4-18-33(2)24-14-15-27-26(21-24)30(32-29(31-27)23-10-6-5-7-11-23)34-19-16-22(17-20-34)25-12-8-9-13-28(25)35-3;1-32(18-19-34)23-12-13-26-25(20-23)29(31-28(30-26)22-8-4-3-5-9-22)33-16-14-21(15-17-33)24-10-6-7-11-27(24)35-2;1-6-10-20(7-2)27-29-25-14-13-22(31(3)4)19-24(25)28(30-27)32-17-15-21(16-18-32)23-11-8-9-12-26(23)33-5/h4-14,21-22H,15-20H2,1-3H3;5-15,21-22H,4,16-20H2,1-3H3;3-13,20-21,34H,14-19H2,1-2H3;6-14,19,21H,1-2,15-18H2,3-5H3/b;;;20-10+. The lowest BCUT2D eigenvalue weighted by Crippen LogP contribution is -2.34. The van der Waals surface area contributed by atoms with Gasteiger partial charge in [-0.1, -0.05) is 202 Å². The lowest BCUT2D eigenvalue weighted by atomic mass is 9.88. The molecule has 15 aromatic rings. The summed E-state index contributed by atoms with van der Waals surface area (Å²) in [5.74, 6) is 12.8. The van der Waals surface area contributed by atoms with Crippen LogP contribution in [0.5, 0.6) is 23.0 Å². The summed E-state index contributed by atoms with van der Waals surface area (Å²) in [6.07, 6.45) is 15.0. The van der Waals surface area contributed by atoms with Crippen molar-refractivity contribution in [2.24, 2.45) is 0 Å². The molecule has 4 saturated heterocycles. The maximum atomic E-state index is 9.40. The molecule has 0 atom stereocenters. The van der Waals surface area contributed by atoms with E-state index < -0.39 is 0 Å². The summed E-state index contributed by atoms with van der Waals surface area (Å²) in [5, 5.41) is 13.7. The van der Waals surface area contributed by atoms with E-state index in [1.54, 1.807) is 47.7 Å². The van der Waals surface area contributed by atoms with E-state index in [2.05, 4.69) is 269 Å². The van der Waals surface area contributed by atoms with Crippen LogP contribution in [-0.2, 0) is 4.74 Å². The number of aliphatic hydroxyl groups excluding tert-OH is 1. The van der Waals surface area contributed by atoms with E-state index in [9.17, 15) is 5.11 Å². The second-order valence-electron chi connectivity index (χ2n) is 36.3. The van der Waals surface area contributed by atoms with Gasteiger partial charge in [-0.3, -0.25) is 0 Å². The molecule has 0 aliphatic carbocycles. The SMILES string of the molecule is C=C/C=C(\C=C)c1nc(N2CCC(c3ccccc3OC)CC2)c2cc(N(C)C)ccc2n1.CCCN(C)c1ccc2nc(-c3ccccc3)nc(N3CCC(c4ccccc4OC)CC3)c2c1.COCCN(C)c1ccc2nc(-c3ccccc3)nc(N3CCC(c4ccccc4OC)CC3)c2c1.COc1ccccc1C1CCN(c2nc(-c3ccccc3)nc3ccc(N(C)CCO)cc23)CC1. The van der Waals surface area contributed by atoms with Crippen LogP contribution in [0.15, 0.2) is 292 Å². The summed E-state index contributed by atoms with van der Waals surface area (Å²) < 4.78 is 27.8. The minimum Gasteiger partial charge on any atom is -0.496 e. The van der Waals surface area contributed by atoms with Gasteiger partial charge in [0.1, 0.15) is 46.3 Å². The van der Waals surface area contributed by atoms with E-state index >= 15 is 0 Å². The van der Waals surface area contributed by atoms with Crippen LogP contribution in [-0.4, -0.2) is 201 Å². The van der Waals surface area contributed by atoms with E-state index in [1.165, 1.54) is 27.9 Å². The van der Waals surface area contributed by atoms with Crippen molar-refractivity contribution in [3.05, 3.63) is 320 Å². The van der Waals surface area contributed by atoms with Crippen LogP contribution < -0.4 is 58.1 Å². The topological polar surface area (TPSA) is 195 Å². The van der Waals surface area contributed by atoms with Gasteiger partial charge < -0.3 is 68.0 Å². The molecule has 11 aromatic carbocycles. The third-order valence-corrected chi connectivity index (χ3v) is 27.5. The molecule has 19 rings (SSSR count). The second kappa shape index (κ2) is 47.0. The molecular weight excluding hydrogens is 1730 g/mol. The molecule has 8 heterocycles. The molecule has 22 nitrogen and oxygen atoms in total. The van der Waals surface area contributed by atoms with Gasteiger partial charge in [0.2, 0.25) is 0 Å². The highest BCUT2D eigenvalue weighted by Crippen LogP contribution is 2.45. The smallest absolute Gasteiger partial charge is 0.162 e. The summed E-state index contributed by atoms with van der Waals surface area (Å²) in [7, 11) is 19.1. The molecule has 139 heavy (non-hydrogen) atoms. The minimum atomic E-state index is 0.112. The lowest BCUT2D eigenvalue weighted by Gasteiger charge is -2.34. The third kappa shape index (κ3) is 23.2. The number of hydrogen-bond donors (Lipinski definition) is 1. The van der Waals surface area contributed by atoms with Crippen molar-refractivity contribution in [3.63, 3.8) is 0 Å². The number of ether oxygens (including phenoxy) is 5. The minimum absolute atomic E-state index is 0.112. The Bertz CT molecular complexity index is 6450. The number of piperidine rings is 4. The largest absolute Gasteiger partial charge is 0.496 e. The number of para-hydroxylation sites is 4. The van der Waals surface area contributed by atoms with Crippen LogP contribution in [0, 0.1) is 0 Å². The number of methoxy groups -OCH3 is 5. The van der Waals surface area contributed by atoms with Crippen molar-refractivity contribution in [3.8, 4) is 57.2 Å². The number of nitrogens with zero attached hydrogens (tertiary/aromatic N) is 16. The summed E-state index contributed by atoms with van der Waals surface area (Å²) in [6.45, 7) is 20.7. The molecular formula is C117H132N16O6. The van der Waals surface area contributed by atoms with Crippen LogP contribution >= 0.6 is 0 Å². The first-order chi connectivity index (χ1) is 68.1. The molecule has 4 aliphatic rings. The maximum absolute atomic E-state index is 9.40. The summed E-state index contributed by atoms with van der Waals surface area (Å²) in [5.41, 5.74) is 17.5. The molecule has 0 bridgehead atoms. The first-order valence-corrected chi connectivity index (χ1v) is 48.9. The number of allylic oxidation sites excluding steroid dienone is 4. The van der Waals surface area contributed by atoms with Gasteiger partial charge in [-0.15, -0.1) is 0 Å². The fourth-order valence-corrected chi connectivity index (χ4v) is 19.7. The van der Waals surface area contributed by atoms with E-state index in [0.717, 1.165) is 270 Å². The number of anilines is 8. The van der Waals surface area contributed by atoms with E-state index in [1.807, 2.05) is 92.0 Å². The molecule has 4 aliphatic heterocycles. The normalized spacial score (nSPS) is 14.4. The third-order valence-electron chi connectivity index (χ3n) is 27.5. The summed E-state index contributed by atoms with van der Waals surface area (Å²) in [4.78, 5) is 58.4. The van der Waals surface area contributed by atoms with Gasteiger partial charge in [-0.05, 0) is 201 Å². The van der Waals surface area contributed by atoms with E-state index in [-0.39, 0.29) is 6.61 Å². The Labute approximate surface area is 820 Å². The highest BCUT2D eigenvalue weighted by Gasteiger charge is 2.32. The zero-order valence-electron chi connectivity index (χ0n) is 82.5. The summed E-state index contributed by atoms with van der Waals surface area (Å²) in [6, 6.07) is 90.0. The quantitative estimate of drug-likeness (QED) is 0.0434. The number of rotatable bonds is 29. The average molecular weight is 1860 g/mol. The van der Waals surface area contributed by atoms with Crippen molar-refractivity contribution < 1.29 is 28.8 Å². The Morgan fingerprint density at radius 1 is 0.345 bits per heavy atom. The van der Waals surface area contributed by atoms with Crippen LogP contribution in [0.2, 0.25) is 0 Å². The number of benzene rings is 11. The second-order valence-corrected chi connectivity index (χ2v) is 36.3. The Kier molecular flexibility index (Phi) is 33.0. The predicted octanol–water partition coefficient (Wildman–Crippen LogP) is 23.3. The highest BCUT2D eigenvalue weighted by atomic mass is 16.5. The van der Waals surface area contributed by atoms with E-state index in [4.69, 9.17) is 63.6 Å². The molecule has 4 fully saturated rings. The molecule has 1 N–H and O–H groups in total. The number of hydrogen-bond acceptors (Lipinski definition) is 22. The lowest BCUT2D eigenvalue weighted by molar-refractivity contribution is 0.206. The monoisotopic (exact) mass is 1860 g/mol. The summed E-state index contributed by atoms with van der Waals surface area (Å²) >= 11 is 0. The van der Waals surface area contributed by atoms with Gasteiger partial charge in [0.05, 0.1) is 63.7 Å². The van der Waals surface area contributed by atoms with Crippen molar-refractivity contribution >= 4 is 95.2 Å². The Morgan fingerprint density at radius 2 is 0.633 bits per heavy atom. The fourth-order valence-electron chi connectivity index (χ4n) is 19.7. The number of aliphatic hydroxyl groups is 1. The predicted molar refractivity (Wildman–Crippen MR) is 575 cm³/mol. The fraction of sp³-hybridized carbons (Fsp3) is 0.316. The van der Waals surface area contributed by atoms with Gasteiger partial charge >= 0.3 is 0 Å². The molecule has 0 radical (unpaired) electrons. The number of aromatic nitrogens is 8. The van der Waals surface area contributed by atoms with Crippen molar-refractivity contribution in [2.75, 3.05) is 195 Å². The highest BCUT2D eigenvalue weighted by molar-refractivity contribution is 5.97. The first kappa shape index (κ1) is 97.6. The van der Waals surface area contributed by atoms with Crippen LogP contribution in [0.3, 0.4) is 0 Å². The van der Waals surface area contributed by atoms with Gasteiger partial charge in [-0.2, -0.15) is 0 Å². The molecule has 0 amide bonds. The van der Waals surface area contributed by atoms with Crippen LogP contribution in [0.1, 0.15) is 116 Å². The maximum Gasteiger partial charge on any atom is 0.162 e. The molecule has 22 heteroatoms. The molecule has 716 valence electrons. The first-order valence-electron chi connectivity index (χ1n) is 48.9. The number of likely N-dealkylation sites (N-methyl/N-ethyl adjacent to an activating group) is 2. The Morgan fingerprint density at radius 3 is 0.928 bits per heavy atom. The number of fused-ring (bicyclic) bond motifs is 4. The van der Waals surface area contributed by atoms with Gasteiger partial charge in [0.25, 0.3) is 0 Å². The Balaban J connectivity index is 0.000000134. The van der Waals surface area contributed by atoms with E-state index in [0.29, 0.717) is 42.6 Å². The zero-order chi connectivity index (χ0) is 96.7. The van der Waals surface area contributed by atoms with Crippen molar-refractivity contribution in [1.29, 1.82) is 0 Å². The van der Waals surface area contributed by atoms with Gasteiger partial charge in [0.15, 0.2) is 23.3 Å². The van der Waals surface area contributed by atoms with Crippen molar-refractivity contribution in [1.82, 2.24) is 39.9 Å². The Hall–Kier alpha value is -14.5. The molecule has 0 spiro atoms. The average Bonchev–Trinajstić information content (AvgIpc) is 0.782.